The molecule has 0 aliphatic heterocycles. The number of rotatable bonds is 4. The van der Waals surface area contributed by atoms with Crippen LogP contribution in [0.5, 0.6) is 0 Å². The van der Waals surface area contributed by atoms with Crippen LogP contribution in [0.15, 0.2) is 47.1 Å². The lowest BCUT2D eigenvalue weighted by atomic mass is 10.2. The lowest BCUT2D eigenvalue weighted by Gasteiger charge is -2.08. The van der Waals surface area contributed by atoms with Gasteiger partial charge in [0, 0.05) is 21.8 Å². The number of nitrogens with one attached hydrogen (secondary N) is 1. The van der Waals surface area contributed by atoms with Gasteiger partial charge in [0.25, 0.3) is 0 Å². The lowest BCUT2D eigenvalue weighted by Crippen LogP contribution is -2.07. The first-order valence-corrected chi connectivity index (χ1v) is 8.34. The molecule has 1 N–H and O–H groups in total. The van der Waals surface area contributed by atoms with Gasteiger partial charge in [-0.3, -0.25) is 0 Å². The van der Waals surface area contributed by atoms with Crippen LogP contribution in [-0.2, 0) is 9.53 Å². The summed E-state index contributed by atoms with van der Waals surface area (Å²) in [7, 11) is 0. The van der Waals surface area contributed by atoms with Gasteiger partial charge in [-0.15, -0.1) is 0 Å². The van der Waals surface area contributed by atoms with Gasteiger partial charge in [0.1, 0.15) is 5.82 Å². The van der Waals surface area contributed by atoms with Crippen LogP contribution < -0.4 is 0 Å². The predicted octanol–water partition coefficient (Wildman–Crippen LogP) is 4.69. The van der Waals surface area contributed by atoms with E-state index in [1.54, 1.807) is 31.3 Å². The number of pyridine rings is 1. The van der Waals surface area contributed by atoms with Gasteiger partial charge >= 0.3 is 5.97 Å². The first kappa shape index (κ1) is 16.7. The molecule has 0 spiro atoms. The van der Waals surface area contributed by atoms with E-state index in [-0.39, 0.29) is 0 Å². The van der Waals surface area contributed by atoms with Gasteiger partial charge in [-0.2, -0.15) is 0 Å². The highest BCUT2D eigenvalue weighted by atomic mass is 79.9. The van der Waals surface area contributed by atoms with E-state index in [1.807, 2.05) is 18.2 Å². The molecule has 0 aliphatic rings. The quantitative estimate of drug-likeness (QED) is 0.504. The monoisotopic (exact) mass is 405 g/mol. The minimum atomic E-state index is -0.514. The zero-order valence-electron chi connectivity index (χ0n) is 12.7. The molecule has 1 unspecified atom stereocenters. The van der Waals surface area contributed by atoms with Crippen molar-refractivity contribution in [2.24, 2.45) is 0 Å². The van der Waals surface area contributed by atoms with Gasteiger partial charge in [0.05, 0.1) is 5.52 Å². The zero-order valence-corrected chi connectivity index (χ0v) is 15.0. The summed E-state index contributed by atoms with van der Waals surface area (Å²) >= 11 is 9.17. The van der Waals surface area contributed by atoms with Crippen molar-refractivity contribution in [2.45, 2.75) is 13.0 Å². The number of ether oxygens (including phenoxy) is 1. The number of esters is 1. The molecule has 0 saturated heterocycles. The molecule has 1 aromatic carbocycles. The van der Waals surface area contributed by atoms with E-state index in [0.29, 0.717) is 16.5 Å². The molecule has 0 radical (unpaired) electrons. The minimum absolute atomic E-state index is 0.452. The summed E-state index contributed by atoms with van der Waals surface area (Å²) in [5, 5.41) is 0.647. The number of fused-ring (bicyclic) bond motifs is 1. The van der Waals surface area contributed by atoms with Crippen LogP contribution in [-0.4, -0.2) is 20.9 Å². The Morgan fingerprint density at radius 2 is 2.12 bits per heavy atom. The first-order chi connectivity index (χ1) is 11.5. The number of halogens is 2. The number of imidazole rings is 1. The summed E-state index contributed by atoms with van der Waals surface area (Å²) in [6, 6.07) is 9.02. The normalized spacial score (nSPS) is 12.6. The molecular weight excluding hydrogens is 394 g/mol. The van der Waals surface area contributed by atoms with Gasteiger partial charge in [0.15, 0.2) is 11.8 Å². The molecule has 122 valence electrons. The van der Waals surface area contributed by atoms with Crippen LogP contribution in [0.4, 0.5) is 0 Å². The molecule has 0 fully saturated rings. The van der Waals surface area contributed by atoms with Crippen molar-refractivity contribution in [3.63, 3.8) is 0 Å². The average molecular weight is 407 g/mol. The molecule has 0 amide bonds. The molecule has 2 heterocycles. The molecule has 7 heteroatoms. The molecule has 2 aromatic heterocycles. The van der Waals surface area contributed by atoms with Gasteiger partial charge in [-0.05, 0) is 52.7 Å². The Morgan fingerprint density at radius 1 is 1.38 bits per heavy atom. The van der Waals surface area contributed by atoms with E-state index >= 15 is 0 Å². The number of aromatic amines is 1. The number of H-pyrrole nitrogens is 1. The fourth-order valence-electron chi connectivity index (χ4n) is 2.09. The van der Waals surface area contributed by atoms with Gasteiger partial charge < -0.3 is 9.72 Å². The van der Waals surface area contributed by atoms with Crippen LogP contribution in [0.25, 0.3) is 17.2 Å². The van der Waals surface area contributed by atoms with Gasteiger partial charge in [0.2, 0.25) is 0 Å². The SMILES string of the molecule is CC(OC(=O)C=Cc1ccc(Cl)cc1)c1nc2ncc(Br)cc2[nH]1. The number of benzene rings is 1. The Morgan fingerprint density at radius 3 is 2.88 bits per heavy atom. The standard InChI is InChI=1S/C17H13BrClN3O2/c1-10(16-21-14-8-12(18)9-20-17(14)22-16)24-15(23)7-4-11-2-5-13(19)6-3-11/h2-10H,1H3,(H,20,21,22). The molecule has 0 saturated carbocycles. The lowest BCUT2D eigenvalue weighted by molar-refractivity contribution is -0.142. The fourth-order valence-corrected chi connectivity index (χ4v) is 2.55. The smallest absolute Gasteiger partial charge is 0.331 e. The first-order valence-electron chi connectivity index (χ1n) is 7.17. The molecular formula is C17H13BrClN3O2. The average Bonchev–Trinajstić information content (AvgIpc) is 2.97. The Balaban J connectivity index is 1.67. The van der Waals surface area contributed by atoms with Crippen molar-refractivity contribution in [3.05, 3.63) is 63.5 Å². The largest absolute Gasteiger partial charge is 0.451 e. The van der Waals surface area contributed by atoms with Crippen LogP contribution >= 0.6 is 27.5 Å². The van der Waals surface area contributed by atoms with Crippen molar-refractivity contribution in [1.29, 1.82) is 0 Å². The molecule has 3 rings (SSSR count). The maximum absolute atomic E-state index is 11.9. The Bertz CT molecular complexity index is 906. The van der Waals surface area contributed by atoms with Gasteiger partial charge in [-0.25, -0.2) is 14.8 Å². The van der Waals surface area contributed by atoms with Crippen LogP contribution in [0.2, 0.25) is 5.02 Å². The topological polar surface area (TPSA) is 67.9 Å². The minimum Gasteiger partial charge on any atom is -0.451 e. The zero-order chi connectivity index (χ0) is 17.1. The molecule has 0 bridgehead atoms. The summed E-state index contributed by atoms with van der Waals surface area (Å²) in [4.78, 5) is 23.6. The highest BCUT2D eigenvalue weighted by Crippen LogP contribution is 2.20. The van der Waals surface area contributed by atoms with E-state index < -0.39 is 12.1 Å². The third-order valence-corrected chi connectivity index (χ3v) is 3.97. The summed E-state index contributed by atoms with van der Waals surface area (Å²) in [6.07, 6.45) is 4.19. The second kappa shape index (κ2) is 7.15. The molecule has 1 atom stereocenters. The second-order valence-corrected chi connectivity index (χ2v) is 6.46. The number of nitrogens with zero attached hydrogens (tertiary/aromatic N) is 2. The molecule has 0 aliphatic carbocycles. The number of hydrogen-bond acceptors (Lipinski definition) is 4. The summed E-state index contributed by atoms with van der Waals surface area (Å²) in [5.41, 5.74) is 2.22. The highest BCUT2D eigenvalue weighted by Gasteiger charge is 2.15. The van der Waals surface area contributed by atoms with Crippen molar-refractivity contribution in [2.75, 3.05) is 0 Å². The number of aromatic nitrogens is 3. The summed E-state index contributed by atoms with van der Waals surface area (Å²) in [5.74, 6) is 0.0934. The Labute approximate surface area is 151 Å². The van der Waals surface area contributed by atoms with Crippen LogP contribution in [0, 0.1) is 0 Å². The van der Waals surface area contributed by atoms with Crippen LogP contribution in [0.3, 0.4) is 0 Å². The maximum Gasteiger partial charge on any atom is 0.331 e. The Hall–Kier alpha value is -2.18. The third-order valence-electron chi connectivity index (χ3n) is 3.28. The van der Waals surface area contributed by atoms with Crippen molar-refractivity contribution in [1.82, 2.24) is 15.0 Å². The Kier molecular flexibility index (Phi) is 4.97. The number of carbonyl (C=O) groups excluding carboxylic acids is 1. The van der Waals surface area contributed by atoms with Crippen molar-refractivity contribution < 1.29 is 9.53 Å². The van der Waals surface area contributed by atoms with Crippen LogP contribution in [0.1, 0.15) is 24.4 Å². The van der Waals surface area contributed by atoms with Crippen molar-refractivity contribution in [3.8, 4) is 0 Å². The highest BCUT2D eigenvalue weighted by molar-refractivity contribution is 9.10. The molecule has 5 nitrogen and oxygen atoms in total. The van der Waals surface area contributed by atoms with Gasteiger partial charge in [-0.1, -0.05) is 23.7 Å². The van der Waals surface area contributed by atoms with E-state index in [0.717, 1.165) is 15.6 Å². The fraction of sp³-hybridized carbons (Fsp3) is 0.118. The predicted molar refractivity (Wildman–Crippen MR) is 96.6 cm³/mol. The summed E-state index contributed by atoms with van der Waals surface area (Å²) < 4.78 is 6.20. The number of hydrogen-bond donors (Lipinski definition) is 1. The maximum atomic E-state index is 11.9. The van der Waals surface area contributed by atoms with E-state index in [4.69, 9.17) is 16.3 Å². The molecule has 3 aromatic rings. The molecule has 24 heavy (non-hydrogen) atoms. The van der Waals surface area contributed by atoms with E-state index in [9.17, 15) is 4.79 Å². The summed E-state index contributed by atoms with van der Waals surface area (Å²) in [6.45, 7) is 1.75. The van der Waals surface area contributed by atoms with Crippen molar-refractivity contribution >= 4 is 50.7 Å². The van der Waals surface area contributed by atoms with E-state index in [2.05, 4.69) is 30.9 Å². The third kappa shape index (κ3) is 4.01. The number of carbonyl (C=O) groups is 1. The second-order valence-electron chi connectivity index (χ2n) is 5.11. The van der Waals surface area contributed by atoms with E-state index in [1.165, 1.54) is 6.08 Å².